The highest BCUT2D eigenvalue weighted by Crippen LogP contribution is 2.41. The quantitative estimate of drug-likeness (QED) is 0.316. The first-order chi connectivity index (χ1) is 15.8. The third kappa shape index (κ3) is 4.29. The topological polar surface area (TPSA) is 80.0 Å². The molecule has 2 heterocycles. The van der Waals surface area contributed by atoms with Gasteiger partial charge in [0.15, 0.2) is 0 Å². The number of benzene rings is 2. The Labute approximate surface area is 193 Å². The molecule has 6 nitrogen and oxygen atoms in total. The molecule has 1 fully saturated rings. The van der Waals surface area contributed by atoms with E-state index < -0.39 is 17.7 Å². The van der Waals surface area contributed by atoms with Gasteiger partial charge in [0.25, 0.3) is 11.7 Å². The van der Waals surface area contributed by atoms with Crippen molar-refractivity contribution in [3.8, 4) is 5.75 Å². The summed E-state index contributed by atoms with van der Waals surface area (Å²) in [5.41, 5.74) is 3.04. The Morgan fingerprint density at radius 3 is 2.45 bits per heavy atom. The summed E-state index contributed by atoms with van der Waals surface area (Å²) in [7, 11) is 0. The van der Waals surface area contributed by atoms with E-state index in [4.69, 9.17) is 9.15 Å². The van der Waals surface area contributed by atoms with Crippen LogP contribution in [0, 0.1) is 13.8 Å². The van der Waals surface area contributed by atoms with Gasteiger partial charge in [0.05, 0.1) is 30.5 Å². The molecular weight excluding hydrogens is 418 g/mol. The summed E-state index contributed by atoms with van der Waals surface area (Å²) in [5.74, 6) is -0.329. The van der Waals surface area contributed by atoms with Gasteiger partial charge in [-0.05, 0) is 74.7 Å². The number of ketones is 1. The van der Waals surface area contributed by atoms with Crippen molar-refractivity contribution in [2.75, 3.05) is 0 Å². The van der Waals surface area contributed by atoms with Gasteiger partial charge in [0.2, 0.25) is 0 Å². The number of furan rings is 1. The van der Waals surface area contributed by atoms with Crippen molar-refractivity contribution in [2.45, 2.75) is 46.4 Å². The fourth-order valence-corrected chi connectivity index (χ4v) is 4.17. The van der Waals surface area contributed by atoms with Crippen LogP contribution in [0.15, 0.2) is 70.9 Å². The number of likely N-dealkylation sites (tertiary alicyclic amines) is 1. The van der Waals surface area contributed by atoms with Gasteiger partial charge >= 0.3 is 0 Å². The number of aliphatic hydroxyl groups is 1. The number of aliphatic hydroxyl groups excluding tert-OH is 1. The molecule has 6 heteroatoms. The zero-order valence-electron chi connectivity index (χ0n) is 19.2. The van der Waals surface area contributed by atoms with Gasteiger partial charge in [-0.3, -0.25) is 9.59 Å². The maximum atomic E-state index is 13.2. The van der Waals surface area contributed by atoms with Gasteiger partial charge < -0.3 is 19.2 Å². The summed E-state index contributed by atoms with van der Waals surface area (Å²) < 4.78 is 11.2. The zero-order chi connectivity index (χ0) is 23.7. The largest absolute Gasteiger partial charge is 0.507 e. The van der Waals surface area contributed by atoms with Crippen molar-refractivity contribution in [2.24, 2.45) is 0 Å². The molecule has 1 aliphatic heterocycles. The highest BCUT2D eigenvalue weighted by Gasteiger charge is 2.46. The first-order valence-corrected chi connectivity index (χ1v) is 10.9. The zero-order valence-corrected chi connectivity index (χ0v) is 19.2. The number of ether oxygens (including phenoxy) is 1. The number of aryl methyl sites for hydroxylation is 2. The van der Waals surface area contributed by atoms with E-state index in [1.54, 1.807) is 30.3 Å². The number of amides is 1. The minimum atomic E-state index is -0.733. The Kier molecular flexibility index (Phi) is 6.09. The molecule has 1 unspecified atom stereocenters. The predicted molar refractivity (Wildman–Crippen MR) is 125 cm³/mol. The number of Topliss-reactive ketones (excluding diaryl/α,β-unsaturated/α-hetero) is 1. The molecule has 0 bridgehead atoms. The number of nitrogens with zero attached hydrogens (tertiary/aromatic N) is 1. The first-order valence-electron chi connectivity index (χ1n) is 10.9. The predicted octanol–water partition coefficient (Wildman–Crippen LogP) is 5.31. The van der Waals surface area contributed by atoms with Crippen LogP contribution in [-0.2, 0) is 16.1 Å². The molecular formula is C27H27NO5. The summed E-state index contributed by atoms with van der Waals surface area (Å²) in [4.78, 5) is 27.7. The lowest BCUT2D eigenvalue weighted by atomic mass is 9.92. The number of hydrogen-bond acceptors (Lipinski definition) is 5. The second-order valence-corrected chi connectivity index (χ2v) is 8.51. The molecule has 4 rings (SSSR count). The molecule has 1 saturated heterocycles. The Bertz CT molecular complexity index is 1220. The molecule has 2 aromatic carbocycles. The van der Waals surface area contributed by atoms with E-state index >= 15 is 0 Å². The second-order valence-electron chi connectivity index (χ2n) is 8.51. The number of carbonyl (C=O) groups excluding carboxylic acids is 2. The van der Waals surface area contributed by atoms with Gasteiger partial charge in [0.1, 0.15) is 17.3 Å². The van der Waals surface area contributed by atoms with E-state index in [2.05, 4.69) is 0 Å². The number of rotatable bonds is 6. The van der Waals surface area contributed by atoms with Gasteiger partial charge in [-0.15, -0.1) is 0 Å². The third-order valence-corrected chi connectivity index (χ3v) is 5.74. The van der Waals surface area contributed by atoms with E-state index in [1.165, 1.54) is 11.2 Å². The fraction of sp³-hybridized carbons (Fsp3) is 0.259. The lowest BCUT2D eigenvalue weighted by Crippen LogP contribution is -2.29. The Morgan fingerprint density at radius 1 is 1.06 bits per heavy atom. The van der Waals surface area contributed by atoms with Gasteiger partial charge in [0, 0.05) is 5.56 Å². The SMILES string of the molecule is Cc1cc(/C(O)=C2\C(=O)C(=O)N(Cc3ccco3)C2c2ccccc2C)ccc1OC(C)C. The highest BCUT2D eigenvalue weighted by molar-refractivity contribution is 6.46. The van der Waals surface area contributed by atoms with Crippen LogP contribution in [0.1, 0.15) is 47.9 Å². The van der Waals surface area contributed by atoms with Crippen LogP contribution in [0.25, 0.3) is 5.76 Å². The monoisotopic (exact) mass is 445 g/mol. The summed E-state index contributed by atoms with van der Waals surface area (Å²) >= 11 is 0. The normalized spacial score (nSPS) is 17.7. The number of carbonyl (C=O) groups is 2. The van der Waals surface area contributed by atoms with E-state index in [-0.39, 0.29) is 24.0 Å². The lowest BCUT2D eigenvalue weighted by molar-refractivity contribution is -0.140. The highest BCUT2D eigenvalue weighted by atomic mass is 16.5. The molecule has 0 radical (unpaired) electrons. The average Bonchev–Trinajstić information content (AvgIpc) is 3.37. The van der Waals surface area contributed by atoms with Crippen molar-refractivity contribution in [3.63, 3.8) is 0 Å². The first kappa shape index (κ1) is 22.4. The Hall–Kier alpha value is -3.80. The van der Waals surface area contributed by atoms with Gasteiger partial charge in [-0.25, -0.2) is 0 Å². The van der Waals surface area contributed by atoms with Crippen LogP contribution >= 0.6 is 0 Å². The molecule has 1 aromatic heterocycles. The second kappa shape index (κ2) is 8.98. The third-order valence-electron chi connectivity index (χ3n) is 5.74. The molecule has 1 atom stereocenters. The summed E-state index contributed by atoms with van der Waals surface area (Å²) in [5, 5.41) is 11.3. The van der Waals surface area contributed by atoms with Crippen molar-refractivity contribution in [3.05, 3.63) is 94.4 Å². The van der Waals surface area contributed by atoms with Crippen LogP contribution in [0.4, 0.5) is 0 Å². The molecule has 33 heavy (non-hydrogen) atoms. The van der Waals surface area contributed by atoms with E-state index in [9.17, 15) is 14.7 Å². The van der Waals surface area contributed by atoms with E-state index in [1.807, 2.05) is 52.0 Å². The Morgan fingerprint density at radius 2 is 1.82 bits per heavy atom. The van der Waals surface area contributed by atoms with Gasteiger partial charge in [-0.1, -0.05) is 24.3 Å². The van der Waals surface area contributed by atoms with E-state index in [0.717, 1.165) is 16.7 Å². The van der Waals surface area contributed by atoms with E-state index in [0.29, 0.717) is 17.1 Å². The standard InChI is InChI=1S/C27H27NO5/c1-16(2)33-22-12-11-19(14-18(22)4)25(29)23-24(21-10-6-5-8-17(21)3)28(27(31)26(23)30)15-20-9-7-13-32-20/h5-14,16,24,29H,15H2,1-4H3/b25-23+. The van der Waals surface area contributed by atoms with Crippen LogP contribution in [0.3, 0.4) is 0 Å². The maximum Gasteiger partial charge on any atom is 0.296 e. The molecule has 0 saturated carbocycles. The molecule has 1 amide bonds. The van der Waals surface area contributed by atoms with Crippen LogP contribution in [0.5, 0.6) is 5.75 Å². The number of hydrogen-bond donors (Lipinski definition) is 1. The lowest BCUT2D eigenvalue weighted by Gasteiger charge is -2.25. The fourth-order valence-electron chi connectivity index (χ4n) is 4.17. The maximum absolute atomic E-state index is 13.2. The van der Waals surface area contributed by atoms with Crippen molar-refractivity contribution in [1.82, 2.24) is 4.90 Å². The summed E-state index contributed by atoms with van der Waals surface area (Å²) in [6, 6.07) is 15.5. The van der Waals surface area contributed by atoms with Crippen LogP contribution < -0.4 is 4.74 Å². The van der Waals surface area contributed by atoms with Crippen LogP contribution in [0.2, 0.25) is 0 Å². The van der Waals surface area contributed by atoms with Crippen molar-refractivity contribution in [1.29, 1.82) is 0 Å². The molecule has 1 N–H and O–H groups in total. The summed E-state index contributed by atoms with van der Waals surface area (Å²) in [6.45, 7) is 7.80. The molecule has 0 spiro atoms. The van der Waals surface area contributed by atoms with Gasteiger partial charge in [-0.2, -0.15) is 0 Å². The minimum absolute atomic E-state index is 0.0103. The smallest absolute Gasteiger partial charge is 0.296 e. The molecule has 0 aliphatic carbocycles. The minimum Gasteiger partial charge on any atom is -0.507 e. The molecule has 170 valence electrons. The molecule has 1 aliphatic rings. The Balaban J connectivity index is 1.84. The average molecular weight is 446 g/mol. The molecule has 3 aromatic rings. The van der Waals surface area contributed by atoms with Crippen molar-refractivity contribution < 1.29 is 23.8 Å². The summed E-state index contributed by atoms with van der Waals surface area (Å²) in [6.07, 6.45) is 1.54. The van der Waals surface area contributed by atoms with Crippen LogP contribution in [-0.4, -0.2) is 27.8 Å². The van der Waals surface area contributed by atoms with Crippen molar-refractivity contribution >= 4 is 17.4 Å².